The third-order valence-electron chi connectivity index (χ3n) is 3.37. The second-order valence-electron chi connectivity index (χ2n) is 4.63. The molecule has 7 heteroatoms. The van der Waals surface area contributed by atoms with Gasteiger partial charge in [-0.1, -0.05) is 0 Å². The molecule has 1 aromatic carbocycles. The minimum absolute atomic E-state index is 0.224. The third-order valence-corrected chi connectivity index (χ3v) is 4.28. The molecule has 104 valence electrons. The summed E-state index contributed by atoms with van der Waals surface area (Å²) in [5, 5.41) is 2.37. The predicted molar refractivity (Wildman–Crippen MR) is 83.4 cm³/mol. The highest BCUT2D eigenvalue weighted by Crippen LogP contribution is 2.28. The number of nitrogens with zero attached hydrogens (tertiary/aromatic N) is 2. The van der Waals surface area contributed by atoms with E-state index in [1.54, 1.807) is 0 Å². The minimum atomic E-state index is -0.425. The lowest BCUT2D eigenvalue weighted by Gasteiger charge is -2.24. The van der Waals surface area contributed by atoms with Crippen LogP contribution in [0.3, 0.4) is 0 Å². The highest BCUT2D eigenvalue weighted by Gasteiger charge is 2.30. The van der Waals surface area contributed by atoms with Crippen molar-refractivity contribution in [3.63, 3.8) is 0 Å². The van der Waals surface area contributed by atoms with Gasteiger partial charge in [0, 0.05) is 9.99 Å². The van der Waals surface area contributed by atoms with E-state index in [-0.39, 0.29) is 17.7 Å². The van der Waals surface area contributed by atoms with E-state index < -0.39 is 6.04 Å². The molecule has 0 aliphatic carbocycles. The number of aromatic nitrogens is 2. The van der Waals surface area contributed by atoms with Crippen LogP contribution in [-0.2, 0) is 15.5 Å². The van der Waals surface area contributed by atoms with Crippen LogP contribution >= 0.6 is 34.2 Å². The fourth-order valence-corrected chi connectivity index (χ4v) is 3.16. The van der Waals surface area contributed by atoms with E-state index in [0.717, 1.165) is 14.6 Å². The van der Waals surface area contributed by atoms with Crippen LogP contribution in [0.4, 0.5) is 0 Å². The van der Waals surface area contributed by atoms with Crippen molar-refractivity contribution in [1.29, 1.82) is 0 Å². The molecule has 1 aromatic heterocycles. The van der Waals surface area contributed by atoms with E-state index in [1.807, 2.05) is 22.8 Å². The lowest BCUT2D eigenvalue weighted by Crippen LogP contribution is -2.42. The number of carbonyl (C=O) groups excluding carboxylic acids is 2. The van der Waals surface area contributed by atoms with Crippen molar-refractivity contribution < 1.29 is 9.59 Å². The molecule has 0 bridgehead atoms. The summed E-state index contributed by atoms with van der Waals surface area (Å²) in [5.74, 6) is 0.365. The predicted octanol–water partition coefficient (Wildman–Crippen LogP) is 2.36. The molecule has 1 aliphatic rings. The number of hydrogen-bond donors (Lipinski definition) is 1. The Balaban J connectivity index is 2.14. The smallest absolute Gasteiger partial charge is 0.249 e. The number of nitrogens with one attached hydrogen (secondary N) is 1. The van der Waals surface area contributed by atoms with Crippen LogP contribution in [0.15, 0.2) is 18.2 Å². The molecular formula is C13H11ClIN3O2. The quantitative estimate of drug-likeness (QED) is 0.476. The molecule has 1 N–H and O–H groups in total. The number of imide groups is 1. The van der Waals surface area contributed by atoms with Crippen molar-refractivity contribution in [2.24, 2.45) is 0 Å². The van der Waals surface area contributed by atoms with Crippen LogP contribution in [0.1, 0.15) is 24.7 Å². The molecule has 1 unspecified atom stereocenters. The summed E-state index contributed by atoms with van der Waals surface area (Å²) >= 11 is 8.17. The lowest BCUT2D eigenvalue weighted by molar-refractivity contribution is -0.135. The zero-order valence-corrected chi connectivity index (χ0v) is 13.3. The lowest BCUT2D eigenvalue weighted by atomic mass is 10.1. The molecule has 2 amide bonds. The molecule has 1 fully saturated rings. The minimum Gasteiger partial charge on any atom is -0.314 e. The van der Waals surface area contributed by atoms with Gasteiger partial charge in [-0.25, -0.2) is 4.98 Å². The van der Waals surface area contributed by atoms with E-state index in [2.05, 4.69) is 32.9 Å². The summed E-state index contributed by atoms with van der Waals surface area (Å²) in [7, 11) is 0. The normalized spacial score (nSPS) is 19.4. The molecule has 5 nitrogen and oxygen atoms in total. The molecule has 3 rings (SSSR count). The maximum absolute atomic E-state index is 12.1. The van der Waals surface area contributed by atoms with Gasteiger partial charge in [0.1, 0.15) is 11.9 Å². The van der Waals surface area contributed by atoms with E-state index in [9.17, 15) is 9.59 Å². The maximum atomic E-state index is 12.1. The van der Waals surface area contributed by atoms with Gasteiger partial charge in [0.15, 0.2) is 0 Å². The highest BCUT2D eigenvalue weighted by atomic mass is 127. The van der Waals surface area contributed by atoms with E-state index >= 15 is 0 Å². The Bertz CT molecular complexity index is 713. The second kappa shape index (κ2) is 5.33. The molecule has 1 aliphatic heterocycles. The number of fused-ring (bicyclic) bond motifs is 1. The number of amides is 2. The first kappa shape index (κ1) is 13.8. The Kier molecular flexibility index (Phi) is 3.68. The SMILES string of the molecule is O=C1CCC(n2c(CCl)nc3cc(I)ccc32)C(=O)N1. The largest absolute Gasteiger partial charge is 0.314 e. The Morgan fingerprint density at radius 2 is 2.25 bits per heavy atom. The number of piperidine rings is 1. The number of carbonyl (C=O) groups is 2. The van der Waals surface area contributed by atoms with Gasteiger partial charge in [-0.15, -0.1) is 11.6 Å². The van der Waals surface area contributed by atoms with Crippen molar-refractivity contribution in [2.75, 3.05) is 0 Å². The number of benzene rings is 1. The van der Waals surface area contributed by atoms with Crippen molar-refractivity contribution in [1.82, 2.24) is 14.9 Å². The fourth-order valence-electron chi connectivity index (χ4n) is 2.49. The summed E-state index contributed by atoms with van der Waals surface area (Å²) in [5.41, 5.74) is 1.69. The van der Waals surface area contributed by atoms with Gasteiger partial charge in [-0.2, -0.15) is 0 Å². The molecule has 0 radical (unpaired) electrons. The van der Waals surface area contributed by atoms with Gasteiger partial charge >= 0.3 is 0 Å². The Hall–Kier alpha value is -1.15. The average molecular weight is 404 g/mol. The van der Waals surface area contributed by atoms with E-state index in [0.29, 0.717) is 18.7 Å². The molecule has 1 saturated heterocycles. The molecular weight excluding hydrogens is 393 g/mol. The molecule has 20 heavy (non-hydrogen) atoms. The topological polar surface area (TPSA) is 64.0 Å². The summed E-state index contributed by atoms with van der Waals surface area (Å²) in [6, 6.07) is 5.43. The van der Waals surface area contributed by atoms with Gasteiger partial charge in [0.05, 0.1) is 16.9 Å². The molecule has 2 heterocycles. The summed E-state index contributed by atoms with van der Waals surface area (Å²) in [6.45, 7) is 0. The number of imidazole rings is 1. The monoisotopic (exact) mass is 403 g/mol. The zero-order valence-electron chi connectivity index (χ0n) is 10.4. The fraction of sp³-hybridized carbons (Fsp3) is 0.308. The van der Waals surface area contributed by atoms with Crippen LogP contribution < -0.4 is 5.32 Å². The van der Waals surface area contributed by atoms with Crippen LogP contribution in [0.2, 0.25) is 0 Å². The number of halogens is 2. The second-order valence-corrected chi connectivity index (χ2v) is 6.14. The summed E-state index contributed by atoms with van der Waals surface area (Å²) in [6.07, 6.45) is 0.814. The maximum Gasteiger partial charge on any atom is 0.249 e. The first-order valence-electron chi connectivity index (χ1n) is 6.16. The molecule has 0 saturated carbocycles. The first-order chi connectivity index (χ1) is 9.60. The highest BCUT2D eigenvalue weighted by molar-refractivity contribution is 14.1. The van der Waals surface area contributed by atoms with Crippen LogP contribution in [-0.4, -0.2) is 21.4 Å². The molecule has 0 spiro atoms. The van der Waals surface area contributed by atoms with Crippen LogP contribution in [0, 0.1) is 3.57 Å². The first-order valence-corrected chi connectivity index (χ1v) is 7.77. The Morgan fingerprint density at radius 3 is 2.95 bits per heavy atom. The van der Waals surface area contributed by atoms with Crippen molar-refractivity contribution in [3.8, 4) is 0 Å². The average Bonchev–Trinajstić information content (AvgIpc) is 2.76. The molecule has 2 aromatic rings. The number of hydrogen-bond acceptors (Lipinski definition) is 3. The summed E-state index contributed by atoms with van der Waals surface area (Å²) in [4.78, 5) is 27.8. The Morgan fingerprint density at radius 1 is 1.45 bits per heavy atom. The van der Waals surface area contributed by atoms with E-state index in [1.165, 1.54) is 0 Å². The number of alkyl halides is 1. The van der Waals surface area contributed by atoms with Crippen LogP contribution in [0.25, 0.3) is 11.0 Å². The summed E-state index contributed by atoms with van der Waals surface area (Å²) < 4.78 is 2.92. The third kappa shape index (κ3) is 2.31. The van der Waals surface area contributed by atoms with Gasteiger partial charge < -0.3 is 4.57 Å². The van der Waals surface area contributed by atoms with E-state index in [4.69, 9.17) is 11.6 Å². The van der Waals surface area contributed by atoms with Gasteiger partial charge in [-0.05, 0) is 47.2 Å². The van der Waals surface area contributed by atoms with Crippen molar-refractivity contribution >= 4 is 57.0 Å². The van der Waals surface area contributed by atoms with Crippen molar-refractivity contribution in [3.05, 3.63) is 27.6 Å². The standard InChI is InChI=1S/C13H11ClIN3O2/c14-6-11-16-8-5-7(15)1-2-9(8)18(11)10-3-4-12(19)17-13(10)20/h1-2,5,10H,3-4,6H2,(H,17,19,20). The van der Waals surface area contributed by atoms with Gasteiger partial charge in [0.25, 0.3) is 0 Å². The van der Waals surface area contributed by atoms with Gasteiger partial charge in [0.2, 0.25) is 11.8 Å². The number of rotatable bonds is 2. The Labute approximate surface area is 133 Å². The van der Waals surface area contributed by atoms with Crippen LogP contribution in [0.5, 0.6) is 0 Å². The van der Waals surface area contributed by atoms with Crippen molar-refractivity contribution in [2.45, 2.75) is 24.8 Å². The molecule has 1 atom stereocenters. The zero-order chi connectivity index (χ0) is 14.3. The van der Waals surface area contributed by atoms with Gasteiger partial charge in [-0.3, -0.25) is 14.9 Å².